The van der Waals surface area contributed by atoms with E-state index in [4.69, 9.17) is 0 Å². The highest BCUT2D eigenvalue weighted by Gasteiger charge is 2.24. The molecule has 0 saturated heterocycles. The van der Waals surface area contributed by atoms with Gasteiger partial charge in [-0.25, -0.2) is 13.1 Å². The lowest BCUT2D eigenvalue weighted by Gasteiger charge is -2.11. The number of unbranched alkanes of at least 4 members (excludes halogenated alkanes) is 2. The van der Waals surface area contributed by atoms with E-state index in [1.165, 1.54) is 24.3 Å². The maximum absolute atomic E-state index is 12.8. The Morgan fingerprint density at radius 2 is 1.79 bits per heavy atom. The van der Waals surface area contributed by atoms with Crippen molar-refractivity contribution in [2.75, 3.05) is 23.7 Å². The molecule has 3 rings (SSSR count). The van der Waals surface area contributed by atoms with Gasteiger partial charge < -0.3 is 10.6 Å². The van der Waals surface area contributed by atoms with Crippen LogP contribution in [0.5, 0.6) is 0 Å². The molecule has 42 heavy (non-hydrogen) atoms. The number of halogens is 3. The average molecular weight is 627 g/mol. The van der Waals surface area contributed by atoms with Crippen molar-refractivity contribution >= 4 is 44.3 Å². The first-order valence-electron chi connectivity index (χ1n) is 13.0. The highest BCUT2D eigenvalue weighted by molar-refractivity contribution is 7.90. The summed E-state index contributed by atoms with van der Waals surface area (Å²) >= 11 is 1.59. The highest BCUT2D eigenvalue weighted by Crippen LogP contribution is 2.28. The van der Waals surface area contributed by atoms with Gasteiger partial charge in [-0.05, 0) is 60.7 Å². The van der Waals surface area contributed by atoms with Crippen LogP contribution in [-0.2, 0) is 16.4 Å². The summed E-state index contributed by atoms with van der Waals surface area (Å²) in [6.45, 7) is 6.31. The summed E-state index contributed by atoms with van der Waals surface area (Å²) in [5, 5.41) is 19.7. The molecule has 3 aromatic rings. The number of allylic oxidation sites excluding steroid dienone is 1. The Morgan fingerprint density at radius 3 is 2.33 bits per heavy atom. The van der Waals surface area contributed by atoms with Crippen molar-refractivity contribution in [3.8, 4) is 0 Å². The second kappa shape index (κ2) is 16.5. The number of nitro benzene ring substituents is 1. The van der Waals surface area contributed by atoms with E-state index in [9.17, 15) is 36.5 Å². The molecule has 228 valence electrons. The van der Waals surface area contributed by atoms with Crippen LogP contribution in [0.3, 0.4) is 0 Å². The molecule has 0 spiro atoms. The summed E-state index contributed by atoms with van der Waals surface area (Å²) in [7, 11) is -4.31. The summed E-state index contributed by atoms with van der Waals surface area (Å²) in [5.74, 6) is -0.816. The number of carbonyl (C=O) groups is 1. The van der Waals surface area contributed by atoms with Crippen molar-refractivity contribution in [3.63, 3.8) is 0 Å². The number of rotatable bonds is 14. The molecule has 0 fully saturated rings. The standard InChI is InChI=1S/C24H28N4O5S2.C4H5F3/c1-2-3-4-14-25-19-9-7-18(8-10-19)24(29)27-35(32,33)21-11-12-22(23(17-21)28(30)31)26-15-13-20-6-5-16-34-20;1-2-3-4(5,6)7/h5-12,16-17,25-26H,2-4,13-15H2,1H3,(H,27,29);2H,1,3H2. The number of amides is 1. The smallest absolute Gasteiger partial charge is 0.385 e. The largest absolute Gasteiger partial charge is 0.392 e. The van der Waals surface area contributed by atoms with E-state index < -0.39 is 33.5 Å². The molecule has 14 heteroatoms. The second-order valence-electron chi connectivity index (χ2n) is 8.95. The van der Waals surface area contributed by atoms with Gasteiger partial charge >= 0.3 is 6.18 Å². The molecular weight excluding hydrogens is 593 g/mol. The van der Waals surface area contributed by atoms with Gasteiger partial charge in [-0.3, -0.25) is 14.9 Å². The van der Waals surface area contributed by atoms with Crippen LogP contribution in [0.25, 0.3) is 0 Å². The van der Waals surface area contributed by atoms with E-state index in [-0.39, 0.29) is 21.8 Å². The number of nitrogens with zero attached hydrogens (tertiary/aromatic N) is 1. The lowest BCUT2D eigenvalue weighted by Crippen LogP contribution is -2.30. The zero-order valence-corrected chi connectivity index (χ0v) is 24.6. The Bertz CT molecular complexity index is 1410. The monoisotopic (exact) mass is 626 g/mol. The predicted octanol–water partition coefficient (Wildman–Crippen LogP) is 7.16. The van der Waals surface area contributed by atoms with Gasteiger partial charge in [0, 0.05) is 35.3 Å². The van der Waals surface area contributed by atoms with Crippen LogP contribution in [0.15, 0.2) is 77.5 Å². The molecule has 1 aromatic heterocycles. The van der Waals surface area contributed by atoms with Crippen LogP contribution in [-0.4, -0.2) is 38.5 Å². The molecule has 0 radical (unpaired) electrons. The number of alkyl halides is 3. The molecule has 3 N–H and O–H groups in total. The Balaban J connectivity index is 0.000000782. The molecule has 0 aliphatic heterocycles. The van der Waals surface area contributed by atoms with Crippen LogP contribution >= 0.6 is 11.3 Å². The average Bonchev–Trinajstić information content (AvgIpc) is 3.44. The van der Waals surface area contributed by atoms with Crippen LogP contribution in [0.1, 0.15) is 47.8 Å². The molecule has 0 saturated carbocycles. The molecule has 1 amide bonds. The first-order valence-corrected chi connectivity index (χ1v) is 15.4. The Kier molecular flexibility index (Phi) is 13.5. The summed E-state index contributed by atoms with van der Waals surface area (Å²) < 4.78 is 60.5. The summed E-state index contributed by atoms with van der Waals surface area (Å²) in [6.07, 6.45) is -0.179. The molecule has 0 bridgehead atoms. The number of thiophene rings is 1. The van der Waals surface area contributed by atoms with Crippen LogP contribution in [0.4, 0.5) is 30.2 Å². The Labute approximate surface area is 247 Å². The van der Waals surface area contributed by atoms with E-state index in [1.54, 1.807) is 23.5 Å². The lowest BCUT2D eigenvalue weighted by atomic mass is 10.2. The SMILES string of the molecule is C=CCC(F)(F)F.CCCCCNc1ccc(C(=O)NS(=O)(=O)c2ccc(NCCc3cccs3)c([N+](=O)[O-])c2)cc1. The zero-order valence-electron chi connectivity index (χ0n) is 22.9. The van der Waals surface area contributed by atoms with Crippen LogP contribution in [0, 0.1) is 10.1 Å². The fourth-order valence-corrected chi connectivity index (χ4v) is 5.21. The fraction of sp³-hybridized carbons (Fsp3) is 0.321. The third kappa shape index (κ3) is 11.9. The number of nitro groups is 1. The number of carbonyl (C=O) groups excluding carboxylic acids is 1. The van der Waals surface area contributed by atoms with Gasteiger partial charge in [-0.15, -0.1) is 17.9 Å². The third-order valence-corrected chi connectivity index (χ3v) is 7.87. The van der Waals surface area contributed by atoms with E-state index >= 15 is 0 Å². The minimum absolute atomic E-state index is 0.161. The molecule has 0 atom stereocenters. The van der Waals surface area contributed by atoms with E-state index in [0.29, 0.717) is 13.0 Å². The number of hydrogen-bond donors (Lipinski definition) is 3. The van der Waals surface area contributed by atoms with Crippen molar-refractivity contribution in [1.82, 2.24) is 4.72 Å². The third-order valence-electron chi connectivity index (χ3n) is 5.60. The molecular formula is C28H33F3N4O5S2. The van der Waals surface area contributed by atoms with Gasteiger partial charge in [0.15, 0.2) is 0 Å². The fourth-order valence-electron chi connectivity index (χ4n) is 3.51. The molecule has 0 unspecified atom stereocenters. The van der Waals surface area contributed by atoms with Gasteiger partial charge in [0.25, 0.3) is 21.6 Å². The van der Waals surface area contributed by atoms with E-state index in [2.05, 4.69) is 24.1 Å². The second-order valence-corrected chi connectivity index (χ2v) is 11.7. The first kappa shape index (κ1) is 34.3. The van der Waals surface area contributed by atoms with Crippen LogP contribution in [0.2, 0.25) is 0 Å². The molecule has 1 heterocycles. The first-order chi connectivity index (χ1) is 19.9. The quantitative estimate of drug-likeness (QED) is 0.0749. The van der Waals surface area contributed by atoms with Gasteiger partial charge in [0.05, 0.1) is 16.2 Å². The molecule has 0 aliphatic carbocycles. The van der Waals surface area contributed by atoms with Gasteiger partial charge in [-0.1, -0.05) is 31.9 Å². The number of benzene rings is 2. The molecule has 9 nitrogen and oxygen atoms in total. The number of nitrogens with one attached hydrogen (secondary N) is 3. The maximum atomic E-state index is 12.8. The summed E-state index contributed by atoms with van der Waals surface area (Å²) in [6, 6.07) is 13.9. The Morgan fingerprint density at radius 1 is 1.07 bits per heavy atom. The number of sulfonamides is 1. The minimum Gasteiger partial charge on any atom is -0.385 e. The molecule has 2 aromatic carbocycles. The summed E-state index contributed by atoms with van der Waals surface area (Å²) in [5.41, 5.74) is 0.816. The maximum Gasteiger partial charge on any atom is 0.392 e. The van der Waals surface area contributed by atoms with Crippen molar-refractivity contribution in [2.45, 2.75) is 50.1 Å². The zero-order chi connectivity index (χ0) is 31.2. The lowest BCUT2D eigenvalue weighted by molar-refractivity contribution is -0.384. The van der Waals surface area contributed by atoms with Crippen molar-refractivity contribution in [1.29, 1.82) is 0 Å². The predicted molar refractivity (Wildman–Crippen MR) is 160 cm³/mol. The van der Waals surface area contributed by atoms with Gasteiger partial charge in [-0.2, -0.15) is 13.2 Å². The summed E-state index contributed by atoms with van der Waals surface area (Å²) in [4.78, 5) is 24.2. The minimum atomic E-state index is -4.31. The number of anilines is 2. The van der Waals surface area contributed by atoms with Crippen LogP contribution < -0.4 is 15.4 Å². The van der Waals surface area contributed by atoms with Gasteiger partial charge in [0.1, 0.15) is 5.69 Å². The van der Waals surface area contributed by atoms with Crippen molar-refractivity contribution < 1.29 is 31.3 Å². The number of hydrogen-bond acceptors (Lipinski definition) is 8. The van der Waals surface area contributed by atoms with Crippen molar-refractivity contribution in [2.24, 2.45) is 0 Å². The van der Waals surface area contributed by atoms with E-state index in [1.807, 2.05) is 22.2 Å². The Hall–Kier alpha value is -3.91. The van der Waals surface area contributed by atoms with E-state index in [0.717, 1.165) is 48.5 Å². The molecule has 0 aliphatic rings. The topological polar surface area (TPSA) is 130 Å². The van der Waals surface area contributed by atoms with Crippen molar-refractivity contribution in [3.05, 3.63) is 93.2 Å². The van der Waals surface area contributed by atoms with Gasteiger partial charge in [0.2, 0.25) is 0 Å². The highest BCUT2D eigenvalue weighted by atomic mass is 32.2. The normalized spacial score (nSPS) is 11.1.